The van der Waals surface area contributed by atoms with Crippen LogP contribution in [0, 0.1) is 5.41 Å². The van der Waals surface area contributed by atoms with Crippen molar-refractivity contribution in [2.45, 2.75) is 57.5 Å². The molecule has 4 heteroatoms. The molecule has 17 heavy (non-hydrogen) atoms. The third kappa shape index (κ3) is 2.63. The SMILES string of the molecule is CC1(C)CCCN(C2CCC(N)(C(=O)O)C2)C1. The standard InChI is InChI=1S/C13H24N2O2/c1-12(2)5-3-7-15(9-12)10-4-6-13(14,8-10)11(16)17/h10H,3-9,14H2,1-2H3,(H,16,17). The molecule has 2 unspecified atom stereocenters. The summed E-state index contributed by atoms with van der Waals surface area (Å²) >= 11 is 0. The van der Waals surface area contributed by atoms with Crippen molar-refractivity contribution in [2.75, 3.05) is 13.1 Å². The third-order valence-corrected chi connectivity index (χ3v) is 4.40. The molecule has 3 N–H and O–H groups in total. The van der Waals surface area contributed by atoms with Crippen molar-refractivity contribution in [1.82, 2.24) is 4.90 Å². The van der Waals surface area contributed by atoms with E-state index in [0.717, 1.165) is 19.5 Å². The number of nitrogens with zero attached hydrogens (tertiary/aromatic N) is 1. The van der Waals surface area contributed by atoms with Gasteiger partial charge in [-0.1, -0.05) is 13.8 Å². The van der Waals surface area contributed by atoms with Crippen molar-refractivity contribution < 1.29 is 9.90 Å². The van der Waals surface area contributed by atoms with E-state index in [0.29, 0.717) is 24.3 Å². The molecule has 1 aliphatic carbocycles. The van der Waals surface area contributed by atoms with Crippen molar-refractivity contribution in [3.05, 3.63) is 0 Å². The predicted octanol–water partition coefficient (Wildman–Crippen LogP) is 1.44. The molecule has 0 amide bonds. The van der Waals surface area contributed by atoms with Crippen molar-refractivity contribution >= 4 is 5.97 Å². The highest BCUT2D eigenvalue weighted by Gasteiger charge is 2.45. The van der Waals surface area contributed by atoms with E-state index in [9.17, 15) is 4.79 Å². The van der Waals surface area contributed by atoms with Crippen LogP contribution in [0.15, 0.2) is 0 Å². The zero-order valence-electron chi connectivity index (χ0n) is 10.9. The van der Waals surface area contributed by atoms with Crippen molar-refractivity contribution in [3.63, 3.8) is 0 Å². The van der Waals surface area contributed by atoms with Gasteiger partial charge in [-0.3, -0.25) is 9.69 Å². The summed E-state index contributed by atoms with van der Waals surface area (Å²) in [5.74, 6) is -0.837. The first-order valence-corrected chi connectivity index (χ1v) is 6.59. The topological polar surface area (TPSA) is 66.6 Å². The van der Waals surface area contributed by atoms with E-state index in [1.807, 2.05) is 0 Å². The summed E-state index contributed by atoms with van der Waals surface area (Å²) in [6.07, 6.45) is 4.64. The van der Waals surface area contributed by atoms with Gasteiger partial charge in [-0.15, -0.1) is 0 Å². The molecule has 0 aromatic rings. The minimum Gasteiger partial charge on any atom is -0.480 e. The van der Waals surface area contributed by atoms with Crippen LogP contribution in [0.25, 0.3) is 0 Å². The predicted molar refractivity (Wildman–Crippen MR) is 66.8 cm³/mol. The van der Waals surface area contributed by atoms with Gasteiger partial charge in [0.15, 0.2) is 0 Å². The Labute approximate surface area is 103 Å². The first-order chi connectivity index (χ1) is 7.82. The number of carboxylic acids is 1. The smallest absolute Gasteiger partial charge is 0.323 e. The van der Waals surface area contributed by atoms with E-state index < -0.39 is 11.5 Å². The maximum absolute atomic E-state index is 11.1. The van der Waals surface area contributed by atoms with Crippen LogP contribution in [0.1, 0.15) is 46.0 Å². The number of rotatable bonds is 2. The lowest BCUT2D eigenvalue weighted by atomic mass is 9.83. The lowest BCUT2D eigenvalue weighted by Gasteiger charge is -2.41. The first kappa shape index (κ1) is 12.8. The Morgan fingerprint density at radius 3 is 2.65 bits per heavy atom. The van der Waals surface area contributed by atoms with Gasteiger partial charge >= 0.3 is 5.97 Å². The zero-order chi connectivity index (χ0) is 12.7. The van der Waals surface area contributed by atoms with Gasteiger partial charge in [-0.2, -0.15) is 0 Å². The number of likely N-dealkylation sites (tertiary alicyclic amines) is 1. The minimum atomic E-state index is -0.980. The lowest BCUT2D eigenvalue weighted by Crippen LogP contribution is -2.49. The van der Waals surface area contributed by atoms with E-state index >= 15 is 0 Å². The molecule has 1 saturated heterocycles. The van der Waals surface area contributed by atoms with Crippen molar-refractivity contribution in [1.29, 1.82) is 0 Å². The van der Waals surface area contributed by atoms with Gasteiger partial charge in [0.05, 0.1) is 0 Å². The van der Waals surface area contributed by atoms with Gasteiger partial charge in [0.1, 0.15) is 5.54 Å². The second-order valence-corrected chi connectivity index (χ2v) is 6.60. The molecule has 2 atom stereocenters. The summed E-state index contributed by atoms with van der Waals surface area (Å²) in [6, 6.07) is 0.371. The fourth-order valence-corrected chi connectivity index (χ4v) is 3.33. The molecule has 0 radical (unpaired) electrons. The van der Waals surface area contributed by atoms with E-state index in [1.54, 1.807) is 0 Å². The van der Waals surface area contributed by atoms with Gasteiger partial charge in [0.25, 0.3) is 0 Å². The Morgan fingerprint density at radius 2 is 2.12 bits per heavy atom. The van der Waals surface area contributed by atoms with Crippen LogP contribution in [-0.2, 0) is 4.79 Å². The van der Waals surface area contributed by atoms with Crippen LogP contribution >= 0.6 is 0 Å². The van der Waals surface area contributed by atoms with Gasteiger partial charge in [0, 0.05) is 12.6 Å². The van der Waals surface area contributed by atoms with Crippen LogP contribution < -0.4 is 5.73 Å². The van der Waals surface area contributed by atoms with Gasteiger partial charge < -0.3 is 10.8 Å². The highest BCUT2D eigenvalue weighted by atomic mass is 16.4. The van der Waals surface area contributed by atoms with Crippen LogP contribution in [0.3, 0.4) is 0 Å². The average Bonchev–Trinajstić information content (AvgIpc) is 2.61. The molecule has 0 aromatic heterocycles. The second kappa shape index (κ2) is 4.25. The number of aliphatic carboxylic acids is 1. The minimum absolute atomic E-state index is 0.362. The number of hydrogen-bond donors (Lipinski definition) is 2. The van der Waals surface area contributed by atoms with Gasteiger partial charge in [-0.05, 0) is 44.1 Å². The molecule has 2 rings (SSSR count). The molecule has 0 bridgehead atoms. The van der Waals surface area contributed by atoms with Crippen LogP contribution in [0.2, 0.25) is 0 Å². The highest BCUT2D eigenvalue weighted by molar-refractivity contribution is 5.79. The Balaban J connectivity index is 1.99. The molecular formula is C13H24N2O2. The fraction of sp³-hybridized carbons (Fsp3) is 0.923. The fourth-order valence-electron chi connectivity index (χ4n) is 3.33. The Hall–Kier alpha value is -0.610. The number of carboxylic acid groups (broad SMARTS) is 1. The van der Waals surface area contributed by atoms with Crippen molar-refractivity contribution in [2.24, 2.45) is 11.1 Å². The van der Waals surface area contributed by atoms with E-state index in [4.69, 9.17) is 10.8 Å². The molecule has 0 aromatic carbocycles. The highest BCUT2D eigenvalue weighted by Crippen LogP contribution is 2.36. The monoisotopic (exact) mass is 240 g/mol. The van der Waals surface area contributed by atoms with Crippen LogP contribution in [0.4, 0.5) is 0 Å². The Kier molecular flexibility index (Phi) is 3.21. The normalized spacial score (nSPS) is 38.2. The molecule has 4 nitrogen and oxygen atoms in total. The molecule has 2 fully saturated rings. The zero-order valence-corrected chi connectivity index (χ0v) is 10.9. The maximum atomic E-state index is 11.1. The quantitative estimate of drug-likeness (QED) is 0.766. The largest absolute Gasteiger partial charge is 0.480 e. The molecule has 1 aliphatic heterocycles. The Bertz CT molecular complexity index is 317. The van der Waals surface area contributed by atoms with Crippen LogP contribution in [0.5, 0.6) is 0 Å². The second-order valence-electron chi connectivity index (χ2n) is 6.60. The molecule has 2 aliphatic rings. The molecule has 1 heterocycles. The van der Waals surface area contributed by atoms with Gasteiger partial charge in [0.2, 0.25) is 0 Å². The number of piperidine rings is 1. The van der Waals surface area contributed by atoms with E-state index in [-0.39, 0.29) is 0 Å². The van der Waals surface area contributed by atoms with E-state index in [1.165, 1.54) is 12.8 Å². The molecule has 1 saturated carbocycles. The molecule has 98 valence electrons. The first-order valence-electron chi connectivity index (χ1n) is 6.59. The Morgan fingerprint density at radius 1 is 1.41 bits per heavy atom. The number of hydrogen-bond acceptors (Lipinski definition) is 3. The number of carbonyl (C=O) groups is 1. The summed E-state index contributed by atoms with van der Waals surface area (Å²) in [5, 5.41) is 9.15. The van der Waals surface area contributed by atoms with E-state index in [2.05, 4.69) is 18.7 Å². The molecular weight excluding hydrogens is 216 g/mol. The van der Waals surface area contributed by atoms with Gasteiger partial charge in [-0.25, -0.2) is 0 Å². The lowest BCUT2D eigenvalue weighted by molar-refractivity contribution is -0.143. The number of nitrogens with two attached hydrogens (primary N) is 1. The molecule has 0 spiro atoms. The van der Waals surface area contributed by atoms with Crippen molar-refractivity contribution in [3.8, 4) is 0 Å². The summed E-state index contributed by atoms with van der Waals surface area (Å²) in [7, 11) is 0. The van der Waals surface area contributed by atoms with Crippen LogP contribution in [-0.4, -0.2) is 40.6 Å². The maximum Gasteiger partial charge on any atom is 0.323 e. The third-order valence-electron chi connectivity index (χ3n) is 4.40. The average molecular weight is 240 g/mol. The summed E-state index contributed by atoms with van der Waals surface area (Å²) in [4.78, 5) is 13.6. The summed E-state index contributed by atoms with van der Waals surface area (Å²) < 4.78 is 0. The summed E-state index contributed by atoms with van der Waals surface area (Å²) in [5.41, 5.74) is 5.32. The summed E-state index contributed by atoms with van der Waals surface area (Å²) in [6.45, 7) is 6.76.